The molecule has 0 spiro atoms. The van der Waals surface area contributed by atoms with Gasteiger partial charge in [-0.15, -0.1) is 0 Å². The van der Waals surface area contributed by atoms with Gasteiger partial charge in [0.15, 0.2) is 0 Å². The largest absolute Gasteiger partial charge is 0.101 e. The summed E-state index contributed by atoms with van der Waals surface area (Å²) < 4.78 is 0. The second kappa shape index (κ2) is 2.57. The van der Waals surface area contributed by atoms with Gasteiger partial charge < -0.3 is 0 Å². The minimum atomic E-state index is 1.03. The molecule has 0 nitrogen and oxygen atoms in total. The number of rotatable bonds is 1. The van der Waals surface area contributed by atoms with Crippen molar-refractivity contribution in [3.05, 3.63) is 0 Å². The van der Waals surface area contributed by atoms with E-state index < -0.39 is 0 Å². The van der Waals surface area contributed by atoms with E-state index in [1.165, 1.54) is 25.6 Å². The Bertz CT molecular complexity index is 70.8. The summed E-state index contributed by atoms with van der Waals surface area (Å²) in [5.74, 6) is 2.09. The van der Waals surface area contributed by atoms with E-state index >= 15 is 0 Å². The van der Waals surface area contributed by atoms with Crippen molar-refractivity contribution in [3.8, 4) is 0 Å². The summed E-state index contributed by atoms with van der Waals surface area (Å²) in [6.45, 7) is 2.39. The molecule has 1 heteroatoms. The van der Waals surface area contributed by atoms with E-state index in [2.05, 4.69) is 14.8 Å². The highest BCUT2D eigenvalue weighted by molar-refractivity contribution is 6.08. The van der Waals surface area contributed by atoms with Crippen molar-refractivity contribution in [3.63, 3.8) is 0 Å². The predicted molar refractivity (Wildman–Crippen MR) is 39.9 cm³/mol. The average Bonchev–Trinajstić information content (AvgIpc) is 2.14. The van der Waals surface area contributed by atoms with Gasteiger partial charge in [-0.1, -0.05) is 32.5 Å². The summed E-state index contributed by atoms with van der Waals surface area (Å²) in [7, 11) is 2.31. The molecule has 0 aromatic heterocycles. The molecular weight excluding hydrogens is 94.9 g/mol. The van der Waals surface area contributed by atoms with Gasteiger partial charge in [-0.25, -0.2) is 0 Å². The molecule has 0 bridgehead atoms. The molecule has 8 heavy (non-hydrogen) atoms. The standard InChI is InChI=1S/C7H15B/c1-6-3-2-4-7(6)5-8/h6-7H,2-5,8H2,1H3. The van der Waals surface area contributed by atoms with Gasteiger partial charge in [-0.2, -0.15) is 0 Å². The van der Waals surface area contributed by atoms with Crippen molar-refractivity contribution in [2.45, 2.75) is 32.5 Å². The molecule has 1 aliphatic carbocycles. The summed E-state index contributed by atoms with van der Waals surface area (Å²) >= 11 is 0. The minimum absolute atomic E-state index is 1.03. The van der Waals surface area contributed by atoms with Gasteiger partial charge in [0, 0.05) is 0 Å². The Balaban J connectivity index is 2.30. The molecule has 0 aromatic carbocycles. The van der Waals surface area contributed by atoms with Crippen molar-refractivity contribution in [1.82, 2.24) is 0 Å². The number of hydrogen-bond donors (Lipinski definition) is 0. The molecule has 2 unspecified atom stereocenters. The summed E-state index contributed by atoms with van der Waals surface area (Å²) in [6.07, 6.45) is 5.87. The quantitative estimate of drug-likeness (QED) is 0.448. The van der Waals surface area contributed by atoms with Gasteiger partial charge in [0.25, 0.3) is 0 Å². The maximum absolute atomic E-state index is 2.39. The predicted octanol–water partition coefficient (Wildman–Crippen LogP) is 1.47. The molecule has 0 saturated heterocycles. The zero-order chi connectivity index (χ0) is 5.98. The normalized spacial score (nSPS) is 38.1. The first-order chi connectivity index (χ1) is 3.84. The van der Waals surface area contributed by atoms with Gasteiger partial charge in [0.2, 0.25) is 0 Å². The van der Waals surface area contributed by atoms with Crippen LogP contribution in [0, 0.1) is 11.8 Å². The molecule has 0 heterocycles. The van der Waals surface area contributed by atoms with Crippen molar-refractivity contribution in [2.24, 2.45) is 11.8 Å². The van der Waals surface area contributed by atoms with E-state index in [1.807, 2.05) is 0 Å². The van der Waals surface area contributed by atoms with E-state index in [-0.39, 0.29) is 0 Å². The highest BCUT2D eigenvalue weighted by atomic mass is 14.2. The van der Waals surface area contributed by atoms with Crippen LogP contribution in [0.15, 0.2) is 0 Å². The van der Waals surface area contributed by atoms with Crippen LogP contribution in [0.1, 0.15) is 26.2 Å². The first kappa shape index (κ1) is 6.19. The molecule has 1 aliphatic rings. The van der Waals surface area contributed by atoms with Gasteiger partial charge >= 0.3 is 0 Å². The fourth-order valence-corrected chi connectivity index (χ4v) is 1.83. The monoisotopic (exact) mass is 110 g/mol. The Labute approximate surface area is 53.1 Å². The molecule has 1 fully saturated rings. The van der Waals surface area contributed by atoms with Crippen molar-refractivity contribution < 1.29 is 0 Å². The van der Waals surface area contributed by atoms with Crippen molar-refractivity contribution >= 4 is 7.85 Å². The highest BCUT2D eigenvalue weighted by Crippen LogP contribution is 2.32. The SMILES string of the molecule is BCC1CCCC1C. The smallest absolute Gasteiger partial charge is 0.0780 e. The minimum Gasteiger partial charge on any atom is -0.0780 e. The molecule has 0 aromatic rings. The second-order valence-electron chi connectivity index (χ2n) is 3.08. The summed E-state index contributed by atoms with van der Waals surface area (Å²) in [6, 6.07) is 0. The van der Waals surface area contributed by atoms with E-state index in [0.717, 1.165) is 11.8 Å². The highest BCUT2D eigenvalue weighted by Gasteiger charge is 2.20. The van der Waals surface area contributed by atoms with Crippen molar-refractivity contribution in [2.75, 3.05) is 0 Å². The third kappa shape index (κ3) is 1.07. The lowest BCUT2D eigenvalue weighted by molar-refractivity contribution is 0.457. The third-order valence-electron chi connectivity index (χ3n) is 2.56. The molecule has 2 atom stereocenters. The molecule has 0 radical (unpaired) electrons. The lowest BCUT2D eigenvalue weighted by atomic mass is 9.85. The molecule has 1 saturated carbocycles. The van der Waals surface area contributed by atoms with Crippen LogP contribution in [0.5, 0.6) is 0 Å². The molecule has 0 amide bonds. The van der Waals surface area contributed by atoms with Crippen LogP contribution in [0.2, 0.25) is 6.32 Å². The van der Waals surface area contributed by atoms with Crippen LogP contribution >= 0.6 is 0 Å². The maximum Gasteiger partial charge on any atom is 0.101 e. The van der Waals surface area contributed by atoms with Crippen LogP contribution < -0.4 is 0 Å². The zero-order valence-corrected chi connectivity index (χ0v) is 5.98. The molecule has 0 N–H and O–H groups in total. The van der Waals surface area contributed by atoms with E-state index in [1.54, 1.807) is 0 Å². The van der Waals surface area contributed by atoms with Gasteiger partial charge in [-0.05, 0) is 11.8 Å². The Morgan fingerprint density at radius 1 is 1.50 bits per heavy atom. The Kier molecular flexibility index (Phi) is 1.98. The van der Waals surface area contributed by atoms with E-state index in [0.29, 0.717) is 0 Å². The fourth-order valence-electron chi connectivity index (χ4n) is 1.83. The van der Waals surface area contributed by atoms with Crippen molar-refractivity contribution in [1.29, 1.82) is 0 Å². The topological polar surface area (TPSA) is 0 Å². The fraction of sp³-hybridized carbons (Fsp3) is 1.00. The summed E-state index contributed by atoms with van der Waals surface area (Å²) in [5.41, 5.74) is 0. The van der Waals surface area contributed by atoms with E-state index in [9.17, 15) is 0 Å². The molecule has 0 aliphatic heterocycles. The van der Waals surface area contributed by atoms with Gasteiger partial charge in [-0.3, -0.25) is 0 Å². The van der Waals surface area contributed by atoms with E-state index in [4.69, 9.17) is 0 Å². The Morgan fingerprint density at radius 2 is 2.25 bits per heavy atom. The van der Waals surface area contributed by atoms with Crippen LogP contribution in [-0.4, -0.2) is 7.85 Å². The third-order valence-corrected chi connectivity index (χ3v) is 2.56. The first-order valence-electron chi connectivity index (χ1n) is 3.84. The number of hydrogen-bond acceptors (Lipinski definition) is 0. The molecule has 46 valence electrons. The summed E-state index contributed by atoms with van der Waals surface area (Å²) in [5, 5.41) is 0. The average molecular weight is 110 g/mol. The first-order valence-corrected chi connectivity index (χ1v) is 3.84. The van der Waals surface area contributed by atoms with Crippen LogP contribution in [0.3, 0.4) is 0 Å². The molecule has 1 rings (SSSR count). The van der Waals surface area contributed by atoms with Gasteiger partial charge in [0.1, 0.15) is 7.85 Å². The summed E-state index contributed by atoms with van der Waals surface area (Å²) in [4.78, 5) is 0. The second-order valence-corrected chi connectivity index (χ2v) is 3.08. The Morgan fingerprint density at radius 3 is 2.50 bits per heavy atom. The van der Waals surface area contributed by atoms with Crippen LogP contribution in [0.25, 0.3) is 0 Å². The van der Waals surface area contributed by atoms with Gasteiger partial charge in [0.05, 0.1) is 0 Å². The molecular formula is C7H15B. The zero-order valence-electron chi connectivity index (χ0n) is 5.98. The maximum atomic E-state index is 2.39. The van der Waals surface area contributed by atoms with Crippen LogP contribution in [-0.2, 0) is 0 Å². The lowest BCUT2D eigenvalue weighted by Gasteiger charge is -2.10. The van der Waals surface area contributed by atoms with Crippen LogP contribution in [0.4, 0.5) is 0 Å². The Hall–Kier alpha value is 0.0649. The lowest BCUT2D eigenvalue weighted by Crippen LogP contribution is -2.01.